The summed E-state index contributed by atoms with van der Waals surface area (Å²) in [5.41, 5.74) is 1.70. The molecule has 0 amide bonds. The van der Waals surface area contributed by atoms with E-state index < -0.39 is 9.05 Å². The molecule has 0 bridgehead atoms. The molecule has 0 radical (unpaired) electrons. The third-order valence-electron chi connectivity index (χ3n) is 2.48. The van der Waals surface area contributed by atoms with Crippen LogP contribution in [0.15, 0.2) is 6.07 Å². The van der Waals surface area contributed by atoms with Gasteiger partial charge in [-0.15, -0.1) is 0 Å². The van der Waals surface area contributed by atoms with E-state index in [1.165, 1.54) is 12.8 Å². The molecule has 0 unspecified atom stereocenters. The van der Waals surface area contributed by atoms with Crippen molar-refractivity contribution < 1.29 is 8.42 Å². The Morgan fingerprint density at radius 2 is 2.27 bits per heavy atom. The lowest BCUT2D eigenvalue weighted by atomic mass is 10.3. The van der Waals surface area contributed by atoms with Crippen molar-refractivity contribution in [2.75, 3.05) is 0 Å². The number of rotatable bonds is 4. The molecule has 0 atom stereocenters. The smallest absolute Gasteiger partial charge is 0.238 e. The Bertz CT molecular complexity index is 462. The minimum Gasteiger partial charge on any atom is -0.269 e. The molecule has 0 saturated heterocycles. The van der Waals surface area contributed by atoms with Crippen LogP contribution in [0, 0.1) is 0 Å². The van der Waals surface area contributed by atoms with Gasteiger partial charge in [0.1, 0.15) is 5.75 Å². The first-order valence-electron chi connectivity index (χ1n) is 4.98. The number of aromatic nitrogens is 2. The molecule has 1 heterocycles. The average molecular weight is 249 g/mol. The van der Waals surface area contributed by atoms with Gasteiger partial charge < -0.3 is 0 Å². The Balaban J connectivity index is 2.26. The summed E-state index contributed by atoms with van der Waals surface area (Å²) in [6, 6.07) is 1.86. The van der Waals surface area contributed by atoms with E-state index in [1.807, 2.05) is 17.7 Å². The van der Waals surface area contributed by atoms with Crippen LogP contribution in [0.1, 0.15) is 37.1 Å². The number of hydrogen-bond acceptors (Lipinski definition) is 3. The summed E-state index contributed by atoms with van der Waals surface area (Å²) in [7, 11) is 1.69. The van der Waals surface area contributed by atoms with Gasteiger partial charge in [0, 0.05) is 28.8 Å². The fourth-order valence-corrected chi connectivity index (χ4v) is 2.52. The highest BCUT2D eigenvalue weighted by atomic mass is 35.7. The van der Waals surface area contributed by atoms with Crippen LogP contribution < -0.4 is 0 Å². The second-order valence-corrected chi connectivity index (χ2v) is 6.61. The predicted molar refractivity (Wildman–Crippen MR) is 58.4 cm³/mol. The highest BCUT2D eigenvalue weighted by Crippen LogP contribution is 2.40. The molecule has 15 heavy (non-hydrogen) atoms. The van der Waals surface area contributed by atoms with Gasteiger partial charge in [-0.3, -0.25) is 4.68 Å². The summed E-state index contributed by atoms with van der Waals surface area (Å²) >= 11 is 0. The third kappa shape index (κ3) is 2.72. The van der Waals surface area contributed by atoms with Crippen molar-refractivity contribution in [2.45, 2.75) is 38.0 Å². The Morgan fingerprint density at radius 3 is 2.73 bits per heavy atom. The van der Waals surface area contributed by atoms with Crippen LogP contribution in [0.3, 0.4) is 0 Å². The first kappa shape index (κ1) is 11.0. The Hall–Kier alpha value is -0.550. The standard InChI is InChI=1S/C9H13ClN2O2S/c1-2-12-9(7-3-4-7)5-8(11-12)6-15(10,13)14/h5,7H,2-4,6H2,1H3. The minimum atomic E-state index is -3.50. The van der Waals surface area contributed by atoms with Crippen LogP contribution in [-0.2, 0) is 21.3 Å². The van der Waals surface area contributed by atoms with Crippen molar-refractivity contribution in [3.63, 3.8) is 0 Å². The van der Waals surface area contributed by atoms with Crippen molar-refractivity contribution in [1.29, 1.82) is 0 Å². The predicted octanol–water partition coefficient (Wildman–Crippen LogP) is 1.85. The van der Waals surface area contributed by atoms with Gasteiger partial charge in [0.05, 0.1) is 5.69 Å². The van der Waals surface area contributed by atoms with Crippen molar-refractivity contribution >= 4 is 19.7 Å². The van der Waals surface area contributed by atoms with Crippen molar-refractivity contribution in [2.24, 2.45) is 0 Å². The quantitative estimate of drug-likeness (QED) is 0.764. The lowest BCUT2D eigenvalue weighted by Gasteiger charge is -2.00. The summed E-state index contributed by atoms with van der Waals surface area (Å²) in [5, 5.41) is 4.23. The lowest BCUT2D eigenvalue weighted by Crippen LogP contribution is -2.02. The molecule has 1 aliphatic carbocycles. The maximum atomic E-state index is 10.9. The first-order chi connectivity index (χ1) is 6.99. The van der Waals surface area contributed by atoms with Crippen molar-refractivity contribution in [3.05, 3.63) is 17.5 Å². The molecular weight excluding hydrogens is 236 g/mol. The van der Waals surface area contributed by atoms with Gasteiger partial charge in [-0.1, -0.05) is 0 Å². The minimum absolute atomic E-state index is 0.179. The molecule has 0 spiro atoms. The van der Waals surface area contributed by atoms with E-state index in [2.05, 4.69) is 5.10 Å². The molecule has 6 heteroatoms. The summed E-state index contributed by atoms with van der Waals surface area (Å²) in [6.45, 7) is 2.77. The van der Waals surface area contributed by atoms with Crippen molar-refractivity contribution in [3.8, 4) is 0 Å². The summed E-state index contributed by atoms with van der Waals surface area (Å²) in [5.74, 6) is 0.394. The van der Waals surface area contributed by atoms with Crippen LogP contribution in [0.5, 0.6) is 0 Å². The molecular formula is C9H13ClN2O2S. The van der Waals surface area contributed by atoms with Gasteiger partial charge in [-0.05, 0) is 25.8 Å². The SMILES string of the molecule is CCn1nc(CS(=O)(=O)Cl)cc1C1CC1. The van der Waals surface area contributed by atoms with E-state index in [1.54, 1.807) is 0 Å². The van der Waals surface area contributed by atoms with E-state index in [0.29, 0.717) is 11.6 Å². The fraction of sp³-hybridized carbons (Fsp3) is 0.667. The molecule has 1 saturated carbocycles. The number of nitrogens with zero attached hydrogens (tertiary/aromatic N) is 2. The largest absolute Gasteiger partial charge is 0.269 e. The molecule has 4 nitrogen and oxygen atoms in total. The molecule has 0 aliphatic heterocycles. The zero-order chi connectivity index (χ0) is 11.1. The Kier molecular flexibility index (Phi) is 2.77. The van der Waals surface area contributed by atoms with E-state index in [-0.39, 0.29) is 5.75 Å². The highest BCUT2D eigenvalue weighted by molar-refractivity contribution is 8.13. The zero-order valence-corrected chi connectivity index (χ0v) is 10.1. The topological polar surface area (TPSA) is 52.0 Å². The molecule has 0 N–H and O–H groups in total. The van der Waals surface area contributed by atoms with Crippen LogP contribution in [0.25, 0.3) is 0 Å². The van der Waals surface area contributed by atoms with Gasteiger partial charge in [0.25, 0.3) is 0 Å². The molecule has 1 fully saturated rings. The summed E-state index contributed by atoms with van der Waals surface area (Å²) in [6.07, 6.45) is 2.36. The van der Waals surface area contributed by atoms with Crippen LogP contribution in [0.4, 0.5) is 0 Å². The van der Waals surface area contributed by atoms with Crippen molar-refractivity contribution in [1.82, 2.24) is 9.78 Å². The van der Waals surface area contributed by atoms with E-state index in [0.717, 1.165) is 12.2 Å². The molecule has 0 aromatic carbocycles. The van der Waals surface area contributed by atoms with E-state index in [9.17, 15) is 8.42 Å². The van der Waals surface area contributed by atoms with Gasteiger partial charge in [-0.2, -0.15) is 5.10 Å². The maximum Gasteiger partial charge on any atom is 0.238 e. The van der Waals surface area contributed by atoms with Gasteiger partial charge >= 0.3 is 0 Å². The molecule has 84 valence electrons. The van der Waals surface area contributed by atoms with E-state index >= 15 is 0 Å². The lowest BCUT2D eigenvalue weighted by molar-refractivity contribution is 0.602. The van der Waals surface area contributed by atoms with Gasteiger partial charge in [0.15, 0.2) is 0 Å². The fourth-order valence-electron chi connectivity index (χ4n) is 1.70. The monoisotopic (exact) mass is 248 g/mol. The molecule has 1 aromatic rings. The summed E-state index contributed by atoms with van der Waals surface area (Å²) < 4.78 is 23.7. The van der Waals surface area contributed by atoms with Crippen LogP contribution in [-0.4, -0.2) is 18.2 Å². The highest BCUT2D eigenvalue weighted by Gasteiger charge is 2.28. The van der Waals surface area contributed by atoms with Gasteiger partial charge in [0.2, 0.25) is 9.05 Å². The Labute approximate surface area is 93.7 Å². The summed E-state index contributed by atoms with van der Waals surface area (Å²) in [4.78, 5) is 0. The first-order valence-corrected chi connectivity index (χ1v) is 7.46. The third-order valence-corrected chi connectivity index (χ3v) is 3.45. The molecule has 1 aromatic heterocycles. The van der Waals surface area contributed by atoms with Gasteiger partial charge in [-0.25, -0.2) is 8.42 Å². The molecule has 2 rings (SSSR count). The number of aryl methyl sites for hydroxylation is 1. The zero-order valence-electron chi connectivity index (χ0n) is 8.48. The van der Waals surface area contributed by atoms with Crippen LogP contribution in [0.2, 0.25) is 0 Å². The maximum absolute atomic E-state index is 10.9. The Morgan fingerprint density at radius 1 is 1.60 bits per heavy atom. The second kappa shape index (κ2) is 3.79. The molecule has 1 aliphatic rings. The van der Waals surface area contributed by atoms with Crippen LogP contribution >= 0.6 is 10.7 Å². The number of hydrogen-bond donors (Lipinski definition) is 0. The normalized spacial score (nSPS) is 16.9. The number of halogens is 1. The van der Waals surface area contributed by atoms with E-state index in [4.69, 9.17) is 10.7 Å². The second-order valence-electron chi connectivity index (χ2n) is 3.83. The average Bonchev–Trinajstić information content (AvgIpc) is 2.86.